The lowest BCUT2D eigenvalue weighted by Gasteiger charge is -2.24. The average Bonchev–Trinajstić information content (AvgIpc) is 3.13. The first-order chi connectivity index (χ1) is 11.7. The molecule has 1 saturated heterocycles. The van der Waals surface area contributed by atoms with Gasteiger partial charge in [0, 0.05) is 32.4 Å². The molecule has 8 heteroatoms. The Balaban J connectivity index is 1.60. The van der Waals surface area contributed by atoms with Gasteiger partial charge in [-0.3, -0.25) is 4.79 Å². The molecule has 0 saturated carbocycles. The molecule has 134 valence electrons. The van der Waals surface area contributed by atoms with Gasteiger partial charge in [-0.1, -0.05) is 0 Å². The molecule has 0 aliphatic carbocycles. The fourth-order valence-corrected chi connectivity index (χ4v) is 2.78. The number of imidazole rings is 1. The minimum Gasteiger partial charge on any atom is -0.444 e. The Bertz CT molecular complexity index is 808. The van der Waals surface area contributed by atoms with Gasteiger partial charge in [0.15, 0.2) is 5.65 Å². The predicted molar refractivity (Wildman–Crippen MR) is 92.2 cm³/mol. The van der Waals surface area contributed by atoms with Crippen LogP contribution in [0.3, 0.4) is 0 Å². The molecule has 1 N–H and O–H groups in total. The SMILES string of the molecule is Cn1cnc2cc(C(=O)N[C@H]3CCN(C(=O)OC(C)(C)C)C3)cnc21. The van der Waals surface area contributed by atoms with Crippen LogP contribution in [0.1, 0.15) is 37.6 Å². The second-order valence-electron chi connectivity index (χ2n) is 7.31. The molecule has 1 atom stereocenters. The Morgan fingerprint density at radius 1 is 1.32 bits per heavy atom. The molecule has 2 aromatic heterocycles. The van der Waals surface area contributed by atoms with Gasteiger partial charge in [-0.05, 0) is 33.3 Å². The van der Waals surface area contributed by atoms with Crippen LogP contribution in [0, 0.1) is 0 Å². The zero-order valence-electron chi connectivity index (χ0n) is 14.9. The van der Waals surface area contributed by atoms with Gasteiger partial charge >= 0.3 is 6.09 Å². The summed E-state index contributed by atoms with van der Waals surface area (Å²) >= 11 is 0. The van der Waals surface area contributed by atoms with Crippen molar-refractivity contribution in [1.82, 2.24) is 24.8 Å². The van der Waals surface area contributed by atoms with Gasteiger partial charge in [-0.2, -0.15) is 0 Å². The number of likely N-dealkylation sites (tertiary alicyclic amines) is 1. The molecule has 1 aliphatic rings. The number of pyridine rings is 1. The topological polar surface area (TPSA) is 89.4 Å². The number of hydrogen-bond donors (Lipinski definition) is 1. The first-order valence-corrected chi connectivity index (χ1v) is 8.29. The Morgan fingerprint density at radius 2 is 2.08 bits per heavy atom. The first-order valence-electron chi connectivity index (χ1n) is 8.29. The molecule has 3 rings (SSSR count). The number of carbonyl (C=O) groups excluding carboxylic acids is 2. The Morgan fingerprint density at radius 3 is 2.80 bits per heavy atom. The van der Waals surface area contributed by atoms with Crippen LogP contribution >= 0.6 is 0 Å². The first kappa shape index (κ1) is 17.2. The molecule has 2 aromatic rings. The highest BCUT2D eigenvalue weighted by Crippen LogP contribution is 2.16. The van der Waals surface area contributed by atoms with Crippen molar-refractivity contribution in [3.05, 3.63) is 24.2 Å². The van der Waals surface area contributed by atoms with E-state index in [1.807, 2.05) is 27.8 Å². The van der Waals surface area contributed by atoms with Crippen molar-refractivity contribution in [2.24, 2.45) is 7.05 Å². The molecule has 8 nitrogen and oxygen atoms in total. The highest BCUT2D eigenvalue weighted by Gasteiger charge is 2.30. The third kappa shape index (κ3) is 3.89. The van der Waals surface area contributed by atoms with E-state index in [0.717, 1.165) is 5.65 Å². The minimum atomic E-state index is -0.526. The van der Waals surface area contributed by atoms with Crippen molar-refractivity contribution in [3.8, 4) is 0 Å². The lowest BCUT2D eigenvalue weighted by molar-refractivity contribution is 0.0290. The molecule has 0 radical (unpaired) electrons. The summed E-state index contributed by atoms with van der Waals surface area (Å²) in [5, 5.41) is 2.95. The van der Waals surface area contributed by atoms with E-state index in [1.165, 1.54) is 0 Å². The van der Waals surface area contributed by atoms with Gasteiger partial charge < -0.3 is 19.5 Å². The number of rotatable bonds is 2. The van der Waals surface area contributed by atoms with Crippen molar-refractivity contribution in [1.29, 1.82) is 0 Å². The third-order valence-electron chi connectivity index (χ3n) is 3.99. The van der Waals surface area contributed by atoms with Crippen LogP contribution in [-0.4, -0.2) is 56.2 Å². The molecule has 2 amide bonds. The van der Waals surface area contributed by atoms with Crippen molar-refractivity contribution >= 4 is 23.2 Å². The number of hydrogen-bond acceptors (Lipinski definition) is 5. The molecular formula is C17H23N5O3. The maximum atomic E-state index is 12.4. The molecule has 0 bridgehead atoms. The second kappa shape index (κ2) is 6.34. The van der Waals surface area contributed by atoms with Gasteiger partial charge in [-0.25, -0.2) is 14.8 Å². The van der Waals surface area contributed by atoms with Gasteiger partial charge in [0.2, 0.25) is 0 Å². The zero-order chi connectivity index (χ0) is 18.2. The van der Waals surface area contributed by atoms with Gasteiger partial charge in [0.1, 0.15) is 11.1 Å². The lowest BCUT2D eigenvalue weighted by Crippen LogP contribution is -2.40. The second-order valence-corrected chi connectivity index (χ2v) is 7.31. The molecule has 0 aromatic carbocycles. The summed E-state index contributed by atoms with van der Waals surface area (Å²) < 4.78 is 7.16. The Hall–Kier alpha value is -2.64. The van der Waals surface area contributed by atoms with Crippen molar-refractivity contribution < 1.29 is 14.3 Å². The van der Waals surface area contributed by atoms with E-state index in [1.54, 1.807) is 28.1 Å². The molecule has 1 fully saturated rings. The molecule has 1 aliphatic heterocycles. The van der Waals surface area contributed by atoms with E-state index in [4.69, 9.17) is 4.74 Å². The monoisotopic (exact) mass is 345 g/mol. The van der Waals surface area contributed by atoms with Crippen LogP contribution in [0.15, 0.2) is 18.6 Å². The van der Waals surface area contributed by atoms with Gasteiger partial charge in [-0.15, -0.1) is 0 Å². The van der Waals surface area contributed by atoms with E-state index in [9.17, 15) is 9.59 Å². The van der Waals surface area contributed by atoms with E-state index >= 15 is 0 Å². The fraction of sp³-hybridized carbons (Fsp3) is 0.529. The third-order valence-corrected chi connectivity index (χ3v) is 3.99. The fourth-order valence-electron chi connectivity index (χ4n) is 2.78. The van der Waals surface area contributed by atoms with Crippen LogP contribution in [0.25, 0.3) is 11.2 Å². The normalized spacial score (nSPS) is 17.8. The smallest absolute Gasteiger partial charge is 0.410 e. The Kier molecular flexibility index (Phi) is 4.36. The number of ether oxygens (including phenoxy) is 1. The van der Waals surface area contributed by atoms with Crippen LogP contribution in [0.4, 0.5) is 4.79 Å². The molecule has 0 spiro atoms. The molecule has 0 unspecified atom stereocenters. The van der Waals surface area contributed by atoms with E-state index < -0.39 is 5.60 Å². The maximum absolute atomic E-state index is 12.4. The van der Waals surface area contributed by atoms with E-state index in [0.29, 0.717) is 30.6 Å². The number of nitrogens with one attached hydrogen (secondary N) is 1. The van der Waals surface area contributed by atoms with Crippen LogP contribution in [0.2, 0.25) is 0 Å². The summed E-state index contributed by atoms with van der Waals surface area (Å²) in [4.78, 5) is 34.6. The summed E-state index contributed by atoms with van der Waals surface area (Å²) in [6.45, 7) is 6.51. The summed E-state index contributed by atoms with van der Waals surface area (Å²) in [6, 6.07) is 1.62. The van der Waals surface area contributed by atoms with Crippen molar-refractivity contribution in [3.63, 3.8) is 0 Å². The summed E-state index contributed by atoms with van der Waals surface area (Å²) in [7, 11) is 1.85. The largest absolute Gasteiger partial charge is 0.444 e. The number of carbonyl (C=O) groups is 2. The van der Waals surface area contributed by atoms with Crippen molar-refractivity contribution in [2.75, 3.05) is 13.1 Å². The van der Waals surface area contributed by atoms with E-state index in [-0.39, 0.29) is 18.0 Å². The number of aromatic nitrogens is 3. The number of amides is 2. The standard InChI is InChI=1S/C17H23N5O3/c1-17(2,3)25-16(24)22-6-5-12(9-22)20-15(23)11-7-13-14(18-8-11)21(4)10-19-13/h7-8,10,12H,5-6,9H2,1-4H3,(H,20,23)/t12-/m0/s1. The number of nitrogens with zero attached hydrogens (tertiary/aromatic N) is 4. The highest BCUT2D eigenvalue weighted by atomic mass is 16.6. The van der Waals surface area contributed by atoms with Crippen LogP contribution in [-0.2, 0) is 11.8 Å². The van der Waals surface area contributed by atoms with Crippen molar-refractivity contribution in [2.45, 2.75) is 38.8 Å². The van der Waals surface area contributed by atoms with E-state index in [2.05, 4.69) is 15.3 Å². The summed E-state index contributed by atoms with van der Waals surface area (Å²) in [5.41, 5.74) is 1.34. The van der Waals surface area contributed by atoms with Gasteiger partial charge in [0.05, 0.1) is 11.9 Å². The van der Waals surface area contributed by atoms with Gasteiger partial charge in [0.25, 0.3) is 5.91 Å². The van der Waals surface area contributed by atoms with Crippen LogP contribution < -0.4 is 5.32 Å². The summed E-state index contributed by atoms with van der Waals surface area (Å²) in [6.07, 6.45) is 3.56. The quantitative estimate of drug-likeness (QED) is 0.895. The number of fused-ring (bicyclic) bond motifs is 1. The zero-order valence-corrected chi connectivity index (χ0v) is 14.9. The highest BCUT2D eigenvalue weighted by molar-refractivity contribution is 5.96. The minimum absolute atomic E-state index is 0.0977. The lowest BCUT2D eigenvalue weighted by atomic mass is 10.2. The Labute approximate surface area is 146 Å². The predicted octanol–water partition coefficient (Wildman–Crippen LogP) is 1.71. The van der Waals surface area contributed by atoms with Crippen LogP contribution in [0.5, 0.6) is 0 Å². The maximum Gasteiger partial charge on any atom is 0.410 e. The number of aryl methyl sites for hydroxylation is 1. The average molecular weight is 345 g/mol. The molecule has 3 heterocycles. The summed E-state index contributed by atoms with van der Waals surface area (Å²) in [5.74, 6) is -0.212. The molecule has 25 heavy (non-hydrogen) atoms. The molecular weight excluding hydrogens is 322 g/mol.